The van der Waals surface area contributed by atoms with Gasteiger partial charge in [0.25, 0.3) is 20.5 Å². The third-order valence-electron chi connectivity index (χ3n) is 0.756. The van der Waals surface area contributed by atoms with Crippen molar-refractivity contribution in [3.8, 4) is 0 Å². The van der Waals surface area contributed by atoms with E-state index in [4.69, 9.17) is 0 Å². The molecule has 76 valence electrons. The van der Waals surface area contributed by atoms with Crippen LogP contribution in [0.5, 0.6) is 0 Å². The van der Waals surface area contributed by atoms with Crippen molar-refractivity contribution in [2.24, 2.45) is 0 Å². The zero-order valence-electron chi connectivity index (χ0n) is 7.33. The van der Waals surface area contributed by atoms with Crippen LogP contribution in [-0.4, -0.2) is 25.9 Å². The zero-order valence-corrected chi connectivity index (χ0v) is 10.8. The first kappa shape index (κ1) is 18.1. The molecule has 5 nitrogen and oxygen atoms in total. The molecule has 0 aliphatic carbocycles. The molecule has 0 aromatic rings. The summed E-state index contributed by atoms with van der Waals surface area (Å²) in [6, 6.07) is 0. The van der Waals surface area contributed by atoms with Crippen LogP contribution in [0.3, 0.4) is 0 Å². The van der Waals surface area contributed by atoms with E-state index in [0.717, 1.165) is 0 Å². The Balaban J connectivity index is 0. The third-order valence-corrected chi connectivity index (χ3v) is 3.23. The fourth-order valence-electron chi connectivity index (χ4n) is 0.300. The maximum Gasteiger partial charge on any atom is 1.00 e. The minimum absolute atomic E-state index is 0. The van der Waals surface area contributed by atoms with Crippen LogP contribution in [-0.2, 0) is 19.2 Å². The number of carbonyl (C=O) groups is 4. The molecule has 0 unspecified atom stereocenters. The normalized spacial score (nSPS) is 8.73. The molecule has 0 aliphatic rings. The average Bonchev–Trinajstić information content (AvgIpc) is 2.03. The van der Waals surface area contributed by atoms with E-state index in [0.29, 0.717) is 0 Å². The summed E-state index contributed by atoms with van der Waals surface area (Å²) in [5.74, 6) is 0. The van der Waals surface area contributed by atoms with Gasteiger partial charge in [-0.15, -0.1) is 23.2 Å². The molecule has 0 aliphatic heterocycles. The molecule has 0 aromatic heterocycles. The Morgan fingerprint density at radius 2 is 1.20 bits per heavy atom. The van der Waals surface area contributed by atoms with E-state index < -0.39 is 25.9 Å². The van der Waals surface area contributed by atoms with Gasteiger partial charge in [0.05, 0.1) is 0 Å². The predicted octanol–water partition coefficient (Wildman–Crippen LogP) is -4.23. The quantitative estimate of drug-likeness (QED) is 0.305. The molecular formula is C4H2BLiO5S4. The Morgan fingerprint density at radius 1 is 0.933 bits per heavy atom. The van der Waals surface area contributed by atoms with E-state index >= 15 is 0 Å². The molecular weight excluding hydrogens is 274 g/mol. The minimum atomic E-state index is -1.76. The first-order valence-electron chi connectivity index (χ1n) is 2.88. The second-order valence-corrected chi connectivity index (χ2v) is 4.89. The summed E-state index contributed by atoms with van der Waals surface area (Å²) in [4.78, 5) is 41.8. The van der Waals surface area contributed by atoms with Crippen LogP contribution in [0.4, 0.5) is 0 Å². The second-order valence-electron chi connectivity index (χ2n) is 1.71. The van der Waals surface area contributed by atoms with Gasteiger partial charge in [-0.3, -0.25) is 19.2 Å². The van der Waals surface area contributed by atoms with Crippen molar-refractivity contribution in [2.75, 3.05) is 0 Å². The van der Waals surface area contributed by atoms with E-state index in [1.54, 1.807) is 0 Å². The van der Waals surface area contributed by atoms with E-state index in [9.17, 15) is 24.2 Å². The Morgan fingerprint density at radius 3 is 1.40 bits per heavy atom. The molecule has 0 fully saturated rings. The van der Waals surface area contributed by atoms with Crippen LogP contribution >= 0.6 is 48.5 Å². The Kier molecular flexibility index (Phi) is 10.6. The predicted molar refractivity (Wildman–Crippen MR) is 58.9 cm³/mol. The molecule has 11 heteroatoms. The van der Waals surface area contributed by atoms with Crippen molar-refractivity contribution < 1.29 is 43.1 Å². The summed E-state index contributed by atoms with van der Waals surface area (Å²) in [5.41, 5.74) is -1.76. The number of hydrogen-bond donors (Lipinski definition) is 2. The van der Waals surface area contributed by atoms with E-state index in [2.05, 4.69) is 25.3 Å². The van der Waals surface area contributed by atoms with Gasteiger partial charge in [0, 0.05) is 0 Å². The largest absolute Gasteiger partial charge is 1.00 e. The number of thiol groups is 2. The summed E-state index contributed by atoms with van der Waals surface area (Å²) in [5, 5.41) is 6.56. The molecule has 0 heterocycles. The van der Waals surface area contributed by atoms with Crippen LogP contribution in [0, 0.1) is 0 Å². The van der Waals surface area contributed by atoms with Crippen molar-refractivity contribution in [2.45, 2.75) is 0 Å². The topological polar surface area (TPSA) is 91.3 Å². The molecule has 0 saturated carbocycles. The first-order chi connectivity index (χ1) is 6.34. The van der Waals surface area contributed by atoms with Crippen LogP contribution in [0.1, 0.15) is 0 Å². The summed E-state index contributed by atoms with van der Waals surface area (Å²) in [6.07, 6.45) is 0. The van der Waals surface area contributed by atoms with Crippen LogP contribution in [0.25, 0.3) is 0 Å². The minimum Gasteiger partial charge on any atom is -0.861 e. The maximum absolute atomic E-state index is 10.9. The monoisotopic (exact) mass is 276 g/mol. The molecule has 0 N–H and O–H groups in total. The molecule has 0 spiro atoms. The molecule has 0 amide bonds. The van der Waals surface area contributed by atoms with Crippen molar-refractivity contribution in [1.82, 2.24) is 0 Å². The fourth-order valence-corrected chi connectivity index (χ4v) is 1.88. The van der Waals surface area contributed by atoms with Crippen LogP contribution in [0.15, 0.2) is 0 Å². The van der Waals surface area contributed by atoms with Gasteiger partial charge in [-0.25, -0.2) is 0 Å². The van der Waals surface area contributed by atoms with E-state index in [1.807, 2.05) is 0 Å². The standard InChI is InChI=1S/C4H2BO5S4.Li/c6-1(11)3(8)13-5(10)14-4(9)2(7)12;/h(H,6,11)(H,7,12);/q-1;+1. The fraction of sp³-hybridized carbons (Fsp3) is 0. The van der Waals surface area contributed by atoms with Gasteiger partial charge in [0.15, 0.2) is 5.47 Å². The number of hydrogen-bond acceptors (Lipinski definition) is 7. The van der Waals surface area contributed by atoms with Crippen molar-refractivity contribution in [1.29, 1.82) is 0 Å². The summed E-state index contributed by atoms with van der Waals surface area (Å²) >= 11 is 6.53. The Labute approximate surface area is 117 Å². The summed E-state index contributed by atoms with van der Waals surface area (Å²) in [7, 11) is 0. The number of carbonyl (C=O) groups excluding carboxylic acids is 4. The van der Waals surface area contributed by atoms with Crippen molar-refractivity contribution in [3.05, 3.63) is 0 Å². The van der Waals surface area contributed by atoms with E-state index in [1.165, 1.54) is 0 Å². The molecule has 0 saturated heterocycles. The summed E-state index contributed by atoms with van der Waals surface area (Å²) in [6.45, 7) is 0. The van der Waals surface area contributed by atoms with Gasteiger partial charge in [-0.1, -0.05) is 25.3 Å². The van der Waals surface area contributed by atoms with Gasteiger partial charge in [-0.05, 0) is 0 Å². The average molecular weight is 276 g/mol. The Hall–Kier alpha value is 0.702. The smallest absolute Gasteiger partial charge is 0.861 e. The van der Waals surface area contributed by atoms with Crippen LogP contribution in [0.2, 0.25) is 0 Å². The van der Waals surface area contributed by atoms with Gasteiger partial charge in [0.1, 0.15) is 0 Å². The van der Waals surface area contributed by atoms with Crippen molar-refractivity contribution in [3.63, 3.8) is 0 Å². The number of rotatable bonds is 4. The molecule has 15 heavy (non-hydrogen) atoms. The Bertz CT molecular complexity index is 269. The molecule has 0 radical (unpaired) electrons. The molecule has 0 atom stereocenters. The first-order valence-corrected chi connectivity index (χ1v) is 5.53. The maximum atomic E-state index is 10.9. The van der Waals surface area contributed by atoms with Gasteiger partial charge >= 0.3 is 18.9 Å². The SMILES string of the molecule is O=C(S)C(=O)SB([O-])SC(=O)C(=O)S.[Li+]. The third kappa shape index (κ3) is 8.50. The molecule has 0 aromatic carbocycles. The second kappa shape index (κ2) is 8.81. The van der Waals surface area contributed by atoms with Gasteiger partial charge in [0.2, 0.25) is 0 Å². The summed E-state index contributed by atoms with van der Waals surface area (Å²) < 4.78 is 0. The molecule has 0 bridgehead atoms. The van der Waals surface area contributed by atoms with Crippen LogP contribution < -0.4 is 23.9 Å². The van der Waals surface area contributed by atoms with E-state index in [-0.39, 0.29) is 42.1 Å². The van der Waals surface area contributed by atoms with Gasteiger partial charge in [-0.2, -0.15) is 0 Å². The molecule has 0 rings (SSSR count). The van der Waals surface area contributed by atoms with Crippen molar-refractivity contribution >= 4 is 74.4 Å². The van der Waals surface area contributed by atoms with Gasteiger partial charge < -0.3 is 5.02 Å². The zero-order chi connectivity index (χ0) is 11.3.